The summed E-state index contributed by atoms with van der Waals surface area (Å²) in [6.45, 7) is 1.74. The van der Waals surface area contributed by atoms with E-state index in [0.29, 0.717) is 0 Å². The van der Waals surface area contributed by atoms with Crippen molar-refractivity contribution in [3.63, 3.8) is 0 Å². The van der Waals surface area contributed by atoms with E-state index in [2.05, 4.69) is 4.74 Å². The Balaban J connectivity index is 2.79. The lowest BCUT2D eigenvalue weighted by Crippen LogP contribution is -2.20. The van der Waals surface area contributed by atoms with Gasteiger partial charge in [-0.05, 0) is 19.1 Å². The molecule has 0 aliphatic carbocycles. The smallest absolute Gasteiger partial charge is 0.313 e. The van der Waals surface area contributed by atoms with Gasteiger partial charge >= 0.3 is 5.97 Å². The summed E-state index contributed by atoms with van der Waals surface area (Å²) >= 11 is 5.77. The molecule has 0 aromatic heterocycles. The monoisotopic (exact) mass is 304 g/mol. The van der Waals surface area contributed by atoms with Gasteiger partial charge in [-0.15, -0.1) is 0 Å². The maximum atomic E-state index is 11.9. The van der Waals surface area contributed by atoms with Gasteiger partial charge in [0.05, 0.1) is 16.5 Å². The lowest BCUT2D eigenvalue weighted by molar-refractivity contribution is -0.145. The van der Waals surface area contributed by atoms with Crippen molar-refractivity contribution < 1.29 is 22.7 Å². The van der Waals surface area contributed by atoms with Crippen LogP contribution in [-0.4, -0.2) is 32.5 Å². The zero-order valence-corrected chi connectivity index (χ0v) is 11.8. The first-order valence-corrected chi connectivity index (χ1v) is 7.54. The predicted molar refractivity (Wildman–Crippen MR) is 69.8 cm³/mol. The second-order valence-electron chi connectivity index (χ2n) is 3.71. The zero-order chi connectivity index (χ0) is 14.5. The van der Waals surface area contributed by atoms with Gasteiger partial charge in [-0.3, -0.25) is 9.59 Å². The Morgan fingerprint density at radius 1 is 1.26 bits per heavy atom. The summed E-state index contributed by atoms with van der Waals surface area (Å²) in [5, 5.41) is 0.0476. The second-order valence-corrected chi connectivity index (χ2v) is 6.08. The summed E-state index contributed by atoms with van der Waals surface area (Å²) in [4.78, 5) is 22.5. The van der Waals surface area contributed by atoms with E-state index < -0.39 is 33.8 Å². The van der Waals surface area contributed by atoms with Crippen LogP contribution >= 0.6 is 11.6 Å². The molecule has 0 aliphatic heterocycles. The number of hydrogen-bond acceptors (Lipinski definition) is 5. The van der Waals surface area contributed by atoms with Gasteiger partial charge in [0.1, 0.15) is 12.2 Å². The van der Waals surface area contributed by atoms with Crippen LogP contribution in [0.3, 0.4) is 0 Å². The number of carbonyl (C=O) groups excluding carboxylic acids is 2. The molecule has 0 saturated carbocycles. The van der Waals surface area contributed by atoms with E-state index in [4.69, 9.17) is 11.6 Å². The van der Waals surface area contributed by atoms with Crippen molar-refractivity contribution in [3.05, 3.63) is 29.3 Å². The first kappa shape index (κ1) is 15.7. The number of rotatable bonds is 6. The molecule has 0 N–H and O–H groups in total. The third kappa shape index (κ3) is 4.65. The number of esters is 1. The van der Waals surface area contributed by atoms with E-state index in [1.54, 1.807) is 13.0 Å². The molecule has 1 aromatic rings. The summed E-state index contributed by atoms with van der Waals surface area (Å²) in [5.41, 5.74) is 0. The van der Waals surface area contributed by atoms with Crippen molar-refractivity contribution in [1.82, 2.24) is 0 Å². The molecule has 0 atom stereocenters. The fourth-order valence-electron chi connectivity index (χ4n) is 1.41. The van der Waals surface area contributed by atoms with Gasteiger partial charge in [-0.25, -0.2) is 8.42 Å². The van der Waals surface area contributed by atoms with Crippen LogP contribution in [0.1, 0.15) is 13.3 Å². The van der Waals surface area contributed by atoms with E-state index in [9.17, 15) is 18.0 Å². The van der Waals surface area contributed by atoms with Gasteiger partial charge in [-0.2, -0.15) is 0 Å². The number of sulfone groups is 1. The average Bonchev–Trinajstić information content (AvgIpc) is 2.28. The van der Waals surface area contributed by atoms with E-state index in [-0.39, 0.29) is 16.5 Å². The maximum Gasteiger partial charge on any atom is 0.313 e. The van der Waals surface area contributed by atoms with Crippen LogP contribution in [0.25, 0.3) is 0 Å². The minimum Gasteiger partial charge on any atom is -0.466 e. The van der Waals surface area contributed by atoms with E-state index in [1.807, 2.05) is 0 Å². The highest BCUT2D eigenvalue weighted by molar-refractivity contribution is 7.92. The average molecular weight is 305 g/mol. The van der Waals surface area contributed by atoms with Crippen molar-refractivity contribution in [3.8, 4) is 0 Å². The molecule has 0 unspecified atom stereocenters. The Morgan fingerprint density at radius 3 is 2.47 bits per heavy atom. The molecular weight excluding hydrogens is 292 g/mol. The van der Waals surface area contributed by atoms with Crippen LogP contribution in [0.15, 0.2) is 29.2 Å². The first-order valence-electron chi connectivity index (χ1n) is 5.51. The van der Waals surface area contributed by atoms with E-state index >= 15 is 0 Å². The van der Waals surface area contributed by atoms with Gasteiger partial charge < -0.3 is 4.74 Å². The third-order valence-corrected chi connectivity index (χ3v) is 4.34. The number of hydrogen-bond donors (Lipinski definition) is 0. The van der Waals surface area contributed by atoms with Gasteiger partial charge in [0.25, 0.3) is 0 Å². The summed E-state index contributed by atoms with van der Waals surface area (Å²) in [7, 11) is -3.84. The molecule has 0 spiro atoms. The molecule has 1 aromatic carbocycles. The normalized spacial score (nSPS) is 11.1. The molecule has 1 rings (SSSR count). The lowest BCUT2D eigenvalue weighted by atomic mass is 10.3. The van der Waals surface area contributed by atoms with Crippen LogP contribution < -0.4 is 0 Å². The quantitative estimate of drug-likeness (QED) is 0.590. The Kier molecular flexibility index (Phi) is 5.50. The van der Waals surface area contributed by atoms with E-state index in [0.717, 1.165) is 0 Å². The molecule has 0 bridgehead atoms. The summed E-state index contributed by atoms with van der Waals surface area (Å²) in [6.07, 6.45) is -0.558. The molecule has 0 radical (unpaired) electrons. The van der Waals surface area contributed by atoms with Crippen molar-refractivity contribution in [2.75, 3.05) is 12.4 Å². The molecule has 104 valence electrons. The van der Waals surface area contributed by atoms with Crippen molar-refractivity contribution in [2.45, 2.75) is 18.2 Å². The van der Waals surface area contributed by atoms with Gasteiger partial charge in [0, 0.05) is 0 Å². The van der Waals surface area contributed by atoms with Crippen LogP contribution in [0.5, 0.6) is 0 Å². The summed E-state index contributed by atoms with van der Waals surface area (Å²) in [6, 6.07) is 5.83. The highest BCUT2D eigenvalue weighted by atomic mass is 35.5. The SMILES string of the molecule is CCOC(=O)CC(=O)CS(=O)(=O)c1ccccc1Cl. The van der Waals surface area contributed by atoms with Crippen LogP contribution in [0, 0.1) is 0 Å². The largest absolute Gasteiger partial charge is 0.466 e. The number of ketones is 1. The van der Waals surface area contributed by atoms with Gasteiger partial charge in [0.2, 0.25) is 0 Å². The molecule has 0 fully saturated rings. The fraction of sp³-hybridized carbons (Fsp3) is 0.333. The van der Waals surface area contributed by atoms with Gasteiger partial charge in [0.15, 0.2) is 15.6 Å². The molecule has 19 heavy (non-hydrogen) atoms. The molecule has 0 heterocycles. The van der Waals surface area contributed by atoms with E-state index in [1.165, 1.54) is 18.2 Å². The van der Waals surface area contributed by atoms with Crippen molar-refractivity contribution in [2.24, 2.45) is 0 Å². The third-order valence-electron chi connectivity index (χ3n) is 2.17. The Labute approximate surface area is 116 Å². The summed E-state index contributed by atoms with van der Waals surface area (Å²) < 4.78 is 28.5. The van der Waals surface area contributed by atoms with Crippen LogP contribution in [0.2, 0.25) is 5.02 Å². The number of ether oxygens (including phenoxy) is 1. The van der Waals surface area contributed by atoms with Crippen LogP contribution in [0.4, 0.5) is 0 Å². The minimum absolute atomic E-state index is 0.0476. The highest BCUT2D eigenvalue weighted by Crippen LogP contribution is 2.21. The molecule has 0 saturated heterocycles. The fourth-order valence-corrected chi connectivity index (χ4v) is 3.23. The van der Waals surface area contributed by atoms with Gasteiger partial charge in [-0.1, -0.05) is 23.7 Å². The highest BCUT2D eigenvalue weighted by Gasteiger charge is 2.23. The second kappa shape index (κ2) is 6.68. The summed E-state index contributed by atoms with van der Waals surface area (Å²) in [5.74, 6) is -2.23. The molecular formula is C12H13ClO5S. The van der Waals surface area contributed by atoms with Crippen molar-refractivity contribution >= 4 is 33.2 Å². The number of carbonyl (C=O) groups is 2. The zero-order valence-electron chi connectivity index (χ0n) is 10.3. The Morgan fingerprint density at radius 2 is 1.89 bits per heavy atom. The molecule has 0 amide bonds. The number of benzene rings is 1. The van der Waals surface area contributed by atoms with Crippen LogP contribution in [-0.2, 0) is 24.2 Å². The maximum absolute atomic E-state index is 11.9. The first-order chi connectivity index (χ1) is 8.86. The minimum atomic E-state index is -3.84. The Bertz CT molecular complexity index is 580. The molecule has 5 nitrogen and oxygen atoms in total. The molecule has 0 aliphatic rings. The number of halogens is 1. The topological polar surface area (TPSA) is 77.5 Å². The molecule has 7 heteroatoms. The predicted octanol–water partition coefficient (Wildman–Crippen LogP) is 1.64. The Hall–Kier alpha value is -1.40. The van der Waals surface area contributed by atoms with Crippen molar-refractivity contribution in [1.29, 1.82) is 0 Å². The standard InChI is InChI=1S/C12H13ClO5S/c1-2-18-12(15)7-9(14)8-19(16,17)11-6-4-3-5-10(11)13/h3-6H,2,7-8H2,1H3. The lowest BCUT2D eigenvalue weighted by Gasteiger charge is -2.05. The number of Topliss-reactive ketones (excluding diaryl/α,β-unsaturated/α-hetero) is 1.